The van der Waals surface area contributed by atoms with E-state index in [1.165, 1.54) is 18.4 Å². The highest BCUT2D eigenvalue weighted by molar-refractivity contribution is 6.30. The van der Waals surface area contributed by atoms with Crippen LogP contribution >= 0.6 is 11.6 Å². The molecule has 0 aliphatic heterocycles. The average Bonchev–Trinajstić information content (AvgIpc) is 2.24. The van der Waals surface area contributed by atoms with Gasteiger partial charge in [-0.25, -0.2) is 0 Å². The fourth-order valence-electron chi connectivity index (χ4n) is 1.60. The van der Waals surface area contributed by atoms with Gasteiger partial charge in [0.2, 0.25) is 0 Å². The van der Waals surface area contributed by atoms with E-state index in [2.05, 4.69) is 31.3 Å². The molecule has 0 aliphatic rings. The second-order valence-electron chi connectivity index (χ2n) is 3.99. The molecule has 84 valence electrons. The van der Waals surface area contributed by atoms with Gasteiger partial charge in [0.1, 0.15) is 0 Å². The van der Waals surface area contributed by atoms with Gasteiger partial charge in [0.15, 0.2) is 0 Å². The minimum Gasteiger partial charge on any atom is -0.317 e. The van der Waals surface area contributed by atoms with Crippen LogP contribution in [-0.2, 0) is 0 Å². The van der Waals surface area contributed by atoms with Gasteiger partial charge >= 0.3 is 0 Å². The maximum absolute atomic E-state index is 5.96. The average molecular weight is 226 g/mol. The van der Waals surface area contributed by atoms with E-state index in [0.29, 0.717) is 5.92 Å². The maximum Gasteiger partial charge on any atom is 0.0408 e. The van der Waals surface area contributed by atoms with E-state index >= 15 is 0 Å². The molecule has 0 amide bonds. The summed E-state index contributed by atoms with van der Waals surface area (Å²) in [6.45, 7) is 6.64. The lowest BCUT2D eigenvalue weighted by Crippen LogP contribution is -2.17. The van der Waals surface area contributed by atoms with Gasteiger partial charge in [0.05, 0.1) is 0 Å². The molecule has 1 aromatic carbocycles. The summed E-state index contributed by atoms with van der Waals surface area (Å²) in [4.78, 5) is 0. The van der Waals surface area contributed by atoms with Gasteiger partial charge in [0, 0.05) is 5.02 Å². The van der Waals surface area contributed by atoms with Crippen molar-refractivity contribution in [3.63, 3.8) is 0 Å². The molecular weight excluding hydrogens is 206 g/mol. The quantitative estimate of drug-likeness (QED) is 0.726. The van der Waals surface area contributed by atoms with Crippen molar-refractivity contribution in [2.45, 2.75) is 32.6 Å². The zero-order valence-corrected chi connectivity index (χ0v) is 10.3. The van der Waals surface area contributed by atoms with Gasteiger partial charge in [-0.3, -0.25) is 0 Å². The van der Waals surface area contributed by atoms with Gasteiger partial charge in [-0.2, -0.15) is 0 Å². The van der Waals surface area contributed by atoms with Crippen molar-refractivity contribution in [2.75, 3.05) is 13.1 Å². The summed E-state index contributed by atoms with van der Waals surface area (Å²) in [6, 6.07) is 8.16. The zero-order chi connectivity index (χ0) is 11.1. The summed E-state index contributed by atoms with van der Waals surface area (Å²) in [7, 11) is 0. The summed E-state index contributed by atoms with van der Waals surface area (Å²) >= 11 is 5.96. The Morgan fingerprint density at radius 2 is 2.13 bits per heavy atom. The molecule has 0 radical (unpaired) electrons. The number of benzene rings is 1. The predicted molar refractivity (Wildman–Crippen MR) is 67.6 cm³/mol. The third kappa shape index (κ3) is 4.67. The Hall–Kier alpha value is -0.530. The van der Waals surface area contributed by atoms with Gasteiger partial charge in [-0.05, 0) is 49.5 Å². The topological polar surface area (TPSA) is 12.0 Å². The number of hydrogen-bond donors (Lipinski definition) is 1. The van der Waals surface area contributed by atoms with Crippen molar-refractivity contribution < 1.29 is 0 Å². The lowest BCUT2D eigenvalue weighted by atomic mass is 9.98. The van der Waals surface area contributed by atoms with Crippen molar-refractivity contribution in [3.8, 4) is 0 Å². The van der Waals surface area contributed by atoms with Gasteiger partial charge in [-0.15, -0.1) is 0 Å². The van der Waals surface area contributed by atoms with Crippen molar-refractivity contribution in [1.29, 1.82) is 0 Å². The van der Waals surface area contributed by atoms with E-state index in [1.807, 2.05) is 12.1 Å². The summed E-state index contributed by atoms with van der Waals surface area (Å²) in [5.41, 5.74) is 1.33. The molecule has 1 rings (SSSR count). The SMILES string of the molecule is CCCNCCC(C)c1cccc(Cl)c1. The molecule has 0 bridgehead atoms. The third-order valence-corrected chi connectivity index (χ3v) is 2.83. The fraction of sp³-hybridized carbons (Fsp3) is 0.538. The molecule has 1 atom stereocenters. The highest BCUT2D eigenvalue weighted by Gasteiger charge is 2.04. The Kier molecular flexibility index (Phi) is 5.74. The van der Waals surface area contributed by atoms with E-state index < -0.39 is 0 Å². The molecule has 1 N–H and O–H groups in total. The normalized spacial score (nSPS) is 12.7. The predicted octanol–water partition coefficient (Wildman–Crippen LogP) is 3.83. The van der Waals surface area contributed by atoms with Gasteiger partial charge < -0.3 is 5.32 Å². The molecule has 0 spiro atoms. The minimum atomic E-state index is 0.577. The fourth-order valence-corrected chi connectivity index (χ4v) is 1.80. The molecule has 0 fully saturated rings. The molecule has 15 heavy (non-hydrogen) atoms. The van der Waals surface area contributed by atoms with E-state index in [9.17, 15) is 0 Å². The Labute approximate surface area is 97.8 Å². The smallest absolute Gasteiger partial charge is 0.0408 e. The number of rotatable bonds is 6. The molecule has 2 heteroatoms. The van der Waals surface area contributed by atoms with Crippen LogP contribution in [-0.4, -0.2) is 13.1 Å². The Morgan fingerprint density at radius 1 is 1.33 bits per heavy atom. The third-order valence-electron chi connectivity index (χ3n) is 2.60. The number of nitrogens with one attached hydrogen (secondary N) is 1. The first kappa shape index (κ1) is 12.5. The molecule has 0 aromatic heterocycles. The molecule has 1 aromatic rings. The first-order chi connectivity index (χ1) is 7.24. The highest BCUT2D eigenvalue weighted by atomic mass is 35.5. The summed E-state index contributed by atoms with van der Waals surface area (Å²) in [6.07, 6.45) is 2.37. The van der Waals surface area contributed by atoms with Crippen molar-refractivity contribution in [1.82, 2.24) is 5.32 Å². The Bertz CT molecular complexity index is 286. The maximum atomic E-state index is 5.96. The molecule has 0 saturated heterocycles. The number of hydrogen-bond acceptors (Lipinski definition) is 1. The van der Waals surface area contributed by atoms with Crippen LogP contribution in [0.15, 0.2) is 24.3 Å². The Balaban J connectivity index is 2.36. The lowest BCUT2D eigenvalue weighted by Gasteiger charge is -2.12. The first-order valence-electron chi connectivity index (χ1n) is 5.70. The summed E-state index contributed by atoms with van der Waals surface area (Å²) < 4.78 is 0. The minimum absolute atomic E-state index is 0.577. The van der Waals surface area contributed by atoms with Crippen LogP contribution in [0, 0.1) is 0 Å². The molecule has 1 nitrogen and oxygen atoms in total. The van der Waals surface area contributed by atoms with Gasteiger partial charge in [0.25, 0.3) is 0 Å². The second kappa shape index (κ2) is 6.86. The van der Waals surface area contributed by atoms with E-state index in [-0.39, 0.29) is 0 Å². The van der Waals surface area contributed by atoms with Crippen molar-refractivity contribution >= 4 is 11.6 Å². The largest absolute Gasteiger partial charge is 0.317 e. The highest BCUT2D eigenvalue weighted by Crippen LogP contribution is 2.21. The molecule has 0 heterocycles. The van der Waals surface area contributed by atoms with Crippen LogP contribution in [0.1, 0.15) is 38.2 Å². The lowest BCUT2D eigenvalue weighted by molar-refractivity contribution is 0.591. The van der Waals surface area contributed by atoms with Crippen LogP contribution < -0.4 is 5.32 Å². The number of halogens is 1. The standard InChI is InChI=1S/C13H20ClN/c1-3-8-15-9-7-11(2)12-5-4-6-13(14)10-12/h4-6,10-11,15H,3,7-9H2,1-2H3. The van der Waals surface area contributed by atoms with Crippen LogP contribution in [0.5, 0.6) is 0 Å². The second-order valence-corrected chi connectivity index (χ2v) is 4.43. The summed E-state index contributed by atoms with van der Waals surface area (Å²) in [5, 5.41) is 4.25. The van der Waals surface area contributed by atoms with Crippen LogP contribution in [0.25, 0.3) is 0 Å². The summed E-state index contributed by atoms with van der Waals surface area (Å²) in [5.74, 6) is 0.577. The van der Waals surface area contributed by atoms with Crippen LogP contribution in [0.2, 0.25) is 5.02 Å². The van der Waals surface area contributed by atoms with Crippen LogP contribution in [0.4, 0.5) is 0 Å². The van der Waals surface area contributed by atoms with Crippen molar-refractivity contribution in [3.05, 3.63) is 34.9 Å². The zero-order valence-electron chi connectivity index (χ0n) is 9.59. The molecule has 0 saturated carbocycles. The Morgan fingerprint density at radius 3 is 2.80 bits per heavy atom. The van der Waals surface area contributed by atoms with E-state index in [0.717, 1.165) is 18.1 Å². The van der Waals surface area contributed by atoms with E-state index in [1.54, 1.807) is 0 Å². The monoisotopic (exact) mass is 225 g/mol. The van der Waals surface area contributed by atoms with Gasteiger partial charge in [-0.1, -0.05) is 37.6 Å². The molecule has 1 unspecified atom stereocenters. The van der Waals surface area contributed by atoms with E-state index in [4.69, 9.17) is 11.6 Å². The van der Waals surface area contributed by atoms with Crippen molar-refractivity contribution in [2.24, 2.45) is 0 Å². The molecule has 0 aliphatic carbocycles. The first-order valence-corrected chi connectivity index (χ1v) is 6.08. The molecular formula is C13H20ClN. The van der Waals surface area contributed by atoms with Crippen LogP contribution in [0.3, 0.4) is 0 Å².